The summed E-state index contributed by atoms with van der Waals surface area (Å²) in [4.78, 5) is 21.9. The topological polar surface area (TPSA) is 61.6 Å². The van der Waals surface area contributed by atoms with E-state index in [9.17, 15) is 4.79 Å². The molecule has 0 unspecified atom stereocenters. The van der Waals surface area contributed by atoms with Gasteiger partial charge in [0.1, 0.15) is 5.76 Å². The molecule has 1 amide bonds. The zero-order valence-electron chi connectivity index (χ0n) is 16.1. The molecule has 6 heteroatoms. The molecule has 2 aromatic heterocycles. The molecule has 1 aliphatic heterocycles. The summed E-state index contributed by atoms with van der Waals surface area (Å²) in [5.41, 5.74) is 2.10. The number of carbonyl (C=O) groups is 1. The minimum absolute atomic E-state index is 0.0384. The first-order chi connectivity index (χ1) is 13.1. The quantitative estimate of drug-likeness (QED) is 0.849. The molecule has 0 bridgehead atoms. The minimum atomic E-state index is -0.153. The van der Waals surface area contributed by atoms with Crippen LogP contribution >= 0.6 is 0 Å². The highest BCUT2D eigenvalue weighted by molar-refractivity contribution is 5.91. The van der Waals surface area contributed by atoms with Gasteiger partial charge in [-0.25, -0.2) is 0 Å². The van der Waals surface area contributed by atoms with Gasteiger partial charge in [0, 0.05) is 32.4 Å². The first-order valence-electron chi connectivity index (χ1n) is 9.81. The van der Waals surface area contributed by atoms with Gasteiger partial charge in [0.15, 0.2) is 5.76 Å². The van der Waals surface area contributed by atoms with E-state index in [1.165, 1.54) is 0 Å². The maximum absolute atomic E-state index is 12.7. The van der Waals surface area contributed by atoms with Crippen molar-refractivity contribution in [3.63, 3.8) is 0 Å². The van der Waals surface area contributed by atoms with Gasteiger partial charge in [0.25, 0.3) is 5.91 Å². The first-order valence-corrected chi connectivity index (χ1v) is 9.81. The Morgan fingerprint density at radius 1 is 1.26 bits per heavy atom. The molecule has 6 nitrogen and oxygen atoms in total. The van der Waals surface area contributed by atoms with Gasteiger partial charge in [0.2, 0.25) is 0 Å². The van der Waals surface area contributed by atoms with Crippen LogP contribution in [0.5, 0.6) is 0 Å². The van der Waals surface area contributed by atoms with Gasteiger partial charge in [-0.1, -0.05) is 0 Å². The van der Waals surface area contributed by atoms with Crippen molar-refractivity contribution in [1.29, 1.82) is 0 Å². The highest BCUT2D eigenvalue weighted by Gasteiger charge is 2.35. The lowest BCUT2D eigenvalue weighted by molar-refractivity contribution is 0.0895. The summed E-state index contributed by atoms with van der Waals surface area (Å²) in [6.45, 7) is 7.00. The van der Waals surface area contributed by atoms with Crippen molar-refractivity contribution in [2.24, 2.45) is 5.92 Å². The summed E-state index contributed by atoms with van der Waals surface area (Å²) in [6.07, 6.45) is 4.08. The fourth-order valence-corrected chi connectivity index (χ4v) is 3.62. The Balaban J connectivity index is 1.39. The Labute approximate surface area is 160 Å². The van der Waals surface area contributed by atoms with Crippen LogP contribution in [0.1, 0.15) is 46.5 Å². The van der Waals surface area contributed by atoms with Crippen molar-refractivity contribution >= 4 is 5.91 Å². The molecule has 4 rings (SSSR count). The SMILES string of the molecule is Cc1ccnc([C@@H](NC(=O)c2ccc(CN3CCN(C)CC3)o2)C2CC2)c1. The number of amides is 1. The Hall–Kier alpha value is -2.18. The number of aromatic nitrogens is 1. The van der Waals surface area contributed by atoms with Crippen molar-refractivity contribution in [1.82, 2.24) is 20.1 Å². The highest BCUT2D eigenvalue weighted by Crippen LogP contribution is 2.40. The number of hydrogen-bond donors (Lipinski definition) is 1. The molecule has 144 valence electrons. The maximum atomic E-state index is 12.7. The lowest BCUT2D eigenvalue weighted by Gasteiger charge is -2.31. The third kappa shape index (κ3) is 4.57. The van der Waals surface area contributed by atoms with Gasteiger partial charge in [-0.15, -0.1) is 0 Å². The molecule has 1 atom stereocenters. The van der Waals surface area contributed by atoms with Crippen LogP contribution < -0.4 is 5.32 Å². The van der Waals surface area contributed by atoms with Crippen LogP contribution in [0.2, 0.25) is 0 Å². The highest BCUT2D eigenvalue weighted by atomic mass is 16.4. The molecule has 27 heavy (non-hydrogen) atoms. The van der Waals surface area contributed by atoms with E-state index in [1.807, 2.05) is 25.3 Å². The number of rotatable bonds is 6. The zero-order valence-corrected chi connectivity index (χ0v) is 16.1. The lowest BCUT2D eigenvalue weighted by atomic mass is 10.1. The molecule has 1 N–H and O–H groups in total. The Bertz CT molecular complexity index is 791. The number of likely N-dealkylation sites (N-methyl/N-ethyl adjacent to an activating group) is 1. The smallest absolute Gasteiger partial charge is 0.287 e. The van der Waals surface area contributed by atoms with Crippen molar-refractivity contribution in [2.45, 2.75) is 32.4 Å². The van der Waals surface area contributed by atoms with Gasteiger partial charge in [-0.3, -0.25) is 14.7 Å². The number of nitrogens with zero attached hydrogens (tertiary/aromatic N) is 3. The predicted octanol–water partition coefficient (Wildman–Crippen LogP) is 2.61. The van der Waals surface area contributed by atoms with Crippen LogP contribution in [0.15, 0.2) is 34.9 Å². The molecule has 0 spiro atoms. The molecule has 1 saturated carbocycles. The molecule has 3 heterocycles. The van der Waals surface area contributed by atoms with E-state index in [-0.39, 0.29) is 11.9 Å². The van der Waals surface area contributed by atoms with E-state index < -0.39 is 0 Å². The Morgan fingerprint density at radius 2 is 2.04 bits per heavy atom. The molecule has 2 aliphatic rings. The lowest BCUT2D eigenvalue weighted by Crippen LogP contribution is -2.43. The average molecular weight is 368 g/mol. The second kappa shape index (κ2) is 7.82. The van der Waals surface area contributed by atoms with E-state index >= 15 is 0 Å². The fraction of sp³-hybridized carbons (Fsp3) is 0.524. The van der Waals surface area contributed by atoms with Crippen molar-refractivity contribution in [3.8, 4) is 0 Å². The van der Waals surface area contributed by atoms with E-state index in [0.717, 1.165) is 62.6 Å². The second-order valence-electron chi connectivity index (χ2n) is 7.89. The normalized spacial score (nSPS) is 19.8. The standard InChI is InChI=1S/C21H28N4O2/c1-15-7-8-22-18(13-15)20(16-3-4-16)23-21(26)19-6-5-17(27-19)14-25-11-9-24(2)10-12-25/h5-8,13,16,20H,3-4,9-12,14H2,1-2H3,(H,23,26)/t20-/m0/s1. The molecule has 2 fully saturated rings. The number of hydrogen-bond acceptors (Lipinski definition) is 5. The monoisotopic (exact) mass is 368 g/mol. The second-order valence-corrected chi connectivity index (χ2v) is 7.89. The summed E-state index contributed by atoms with van der Waals surface area (Å²) in [7, 11) is 2.14. The molecular formula is C21H28N4O2. The largest absolute Gasteiger partial charge is 0.455 e. The number of pyridine rings is 1. The summed E-state index contributed by atoms with van der Waals surface area (Å²) in [5.74, 6) is 1.56. The maximum Gasteiger partial charge on any atom is 0.287 e. The number of piperazine rings is 1. The van der Waals surface area contributed by atoms with Gasteiger partial charge >= 0.3 is 0 Å². The van der Waals surface area contributed by atoms with Crippen LogP contribution in [0.3, 0.4) is 0 Å². The third-order valence-electron chi connectivity index (χ3n) is 5.50. The van der Waals surface area contributed by atoms with Crippen molar-refractivity contribution in [2.75, 3.05) is 33.2 Å². The average Bonchev–Trinajstić information content (AvgIpc) is 3.39. The molecule has 1 saturated heterocycles. The van der Waals surface area contributed by atoms with Gasteiger partial charge in [0.05, 0.1) is 18.3 Å². The van der Waals surface area contributed by atoms with Gasteiger partial charge < -0.3 is 14.6 Å². The molecule has 0 radical (unpaired) electrons. The first kappa shape index (κ1) is 18.2. The van der Waals surface area contributed by atoms with Crippen LogP contribution in [0.4, 0.5) is 0 Å². The van der Waals surface area contributed by atoms with E-state index in [0.29, 0.717) is 11.7 Å². The third-order valence-corrected chi connectivity index (χ3v) is 5.50. The number of aryl methyl sites for hydroxylation is 1. The predicted molar refractivity (Wildman–Crippen MR) is 103 cm³/mol. The van der Waals surface area contributed by atoms with E-state index in [2.05, 4.69) is 33.2 Å². The summed E-state index contributed by atoms with van der Waals surface area (Å²) in [6, 6.07) is 7.71. The molecule has 0 aromatic carbocycles. The summed E-state index contributed by atoms with van der Waals surface area (Å²) >= 11 is 0. The van der Waals surface area contributed by atoms with Crippen LogP contribution in [0.25, 0.3) is 0 Å². The number of nitrogens with one attached hydrogen (secondary N) is 1. The minimum Gasteiger partial charge on any atom is -0.455 e. The van der Waals surface area contributed by atoms with Gasteiger partial charge in [-0.2, -0.15) is 0 Å². The van der Waals surface area contributed by atoms with Crippen LogP contribution in [0, 0.1) is 12.8 Å². The van der Waals surface area contributed by atoms with Crippen LogP contribution in [-0.2, 0) is 6.54 Å². The van der Waals surface area contributed by atoms with Crippen molar-refractivity contribution < 1.29 is 9.21 Å². The number of carbonyl (C=O) groups excluding carboxylic acids is 1. The Morgan fingerprint density at radius 3 is 2.74 bits per heavy atom. The van der Waals surface area contributed by atoms with E-state index in [4.69, 9.17) is 4.42 Å². The summed E-state index contributed by atoms with van der Waals surface area (Å²) < 4.78 is 5.85. The van der Waals surface area contributed by atoms with E-state index in [1.54, 1.807) is 6.07 Å². The zero-order chi connectivity index (χ0) is 18.8. The molecule has 1 aliphatic carbocycles. The Kier molecular flexibility index (Phi) is 5.27. The fourth-order valence-electron chi connectivity index (χ4n) is 3.62. The van der Waals surface area contributed by atoms with Crippen LogP contribution in [-0.4, -0.2) is 53.9 Å². The molecular weight excluding hydrogens is 340 g/mol. The molecule has 2 aromatic rings. The van der Waals surface area contributed by atoms with Crippen molar-refractivity contribution in [3.05, 3.63) is 53.2 Å². The summed E-state index contributed by atoms with van der Waals surface area (Å²) in [5, 5.41) is 3.15. The van der Waals surface area contributed by atoms with Gasteiger partial charge in [-0.05, 0) is 62.6 Å². The number of furan rings is 1.